The average Bonchev–Trinajstić information content (AvgIpc) is 2.93. The van der Waals surface area contributed by atoms with Crippen LogP contribution < -0.4 is 5.32 Å². The minimum absolute atomic E-state index is 0.317. The Morgan fingerprint density at radius 2 is 2.24 bits per heavy atom. The molecule has 0 aliphatic rings. The van der Waals surface area contributed by atoms with E-state index in [1.165, 1.54) is 7.11 Å². The van der Waals surface area contributed by atoms with Crippen molar-refractivity contribution in [2.75, 3.05) is 12.4 Å². The van der Waals surface area contributed by atoms with Crippen LogP contribution in [-0.2, 0) is 17.8 Å². The molecule has 0 spiro atoms. The molecular formula is C16H21N3O2. The molecule has 21 heavy (non-hydrogen) atoms. The fourth-order valence-electron chi connectivity index (χ4n) is 2.23. The van der Waals surface area contributed by atoms with Crippen LogP contribution in [0.2, 0.25) is 0 Å². The Hall–Kier alpha value is -2.30. The van der Waals surface area contributed by atoms with Crippen LogP contribution in [0.4, 0.5) is 5.69 Å². The van der Waals surface area contributed by atoms with Gasteiger partial charge in [-0.15, -0.1) is 0 Å². The standard InChI is InChI=1S/C16H21N3O2/c1-4-8-19-9-7-17-15(19)11-18-14-6-5-13(10-12(14)2)16(20)21-3/h5-7,9-10,18H,4,8,11H2,1-3H3. The topological polar surface area (TPSA) is 56.2 Å². The fraction of sp³-hybridized carbons (Fsp3) is 0.375. The third kappa shape index (κ3) is 3.62. The summed E-state index contributed by atoms with van der Waals surface area (Å²) in [5, 5.41) is 3.36. The predicted molar refractivity (Wildman–Crippen MR) is 82.4 cm³/mol. The molecule has 1 aromatic heterocycles. The molecule has 0 unspecified atom stereocenters. The van der Waals surface area contributed by atoms with Gasteiger partial charge >= 0.3 is 5.97 Å². The second-order valence-electron chi connectivity index (χ2n) is 4.91. The molecular weight excluding hydrogens is 266 g/mol. The number of ether oxygens (including phenoxy) is 1. The lowest BCUT2D eigenvalue weighted by atomic mass is 10.1. The number of benzene rings is 1. The van der Waals surface area contributed by atoms with E-state index in [9.17, 15) is 4.79 Å². The number of aryl methyl sites for hydroxylation is 2. The molecule has 0 radical (unpaired) electrons. The Labute approximate surface area is 125 Å². The number of esters is 1. The second kappa shape index (κ2) is 6.92. The number of nitrogens with zero attached hydrogens (tertiary/aromatic N) is 2. The molecule has 0 fully saturated rings. The van der Waals surface area contributed by atoms with Gasteiger partial charge in [0.25, 0.3) is 0 Å². The Morgan fingerprint density at radius 3 is 2.90 bits per heavy atom. The van der Waals surface area contributed by atoms with Crippen LogP contribution in [-0.4, -0.2) is 22.6 Å². The minimum atomic E-state index is -0.317. The molecule has 0 saturated carbocycles. The highest BCUT2D eigenvalue weighted by atomic mass is 16.5. The Balaban J connectivity index is 2.06. The number of imidazole rings is 1. The third-order valence-corrected chi connectivity index (χ3v) is 3.35. The molecule has 0 aliphatic heterocycles. The van der Waals surface area contributed by atoms with E-state index >= 15 is 0 Å². The van der Waals surface area contributed by atoms with Crippen molar-refractivity contribution < 1.29 is 9.53 Å². The predicted octanol–water partition coefficient (Wildman–Crippen LogP) is 3.00. The van der Waals surface area contributed by atoms with E-state index in [-0.39, 0.29) is 5.97 Å². The zero-order chi connectivity index (χ0) is 15.2. The molecule has 5 nitrogen and oxygen atoms in total. The van der Waals surface area contributed by atoms with Crippen molar-refractivity contribution in [3.05, 3.63) is 47.5 Å². The van der Waals surface area contributed by atoms with Crippen molar-refractivity contribution in [3.63, 3.8) is 0 Å². The molecule has 1 heterocycles. The van der Waals surface area contributed by atoms with Crippen LogP contribution in [0, 0.1) is 6.92 Å². The first-order valence-corrected chi connectivity index (χ1v) is 7.08. The number of carbonyl (C=O) groups excluding carboxylic acids is 1. The van der Waals surface area contributed by atoms with Gasteiger partial charge in [0.15, 0.2) is 0 Å². The van der Waals surface area contributed by atoms with Gasteiger partial charge in [0.2, 0.25) is 0 Å². The highest BCUT2D eigenvalue weighted by Gasteiger charge is 2.08. The van der Waals surface area contributed by atoms with Crippen molar-refractivity contribution in [3.8, 4) is 0 Å². The number of hydrogen-bond donors (Lipinski definition) is 1. The Bertz CT molecular complexity index is 620. The number of methoxy groups -OCH3 is 1. The molecule has 5 heteroatoms. The quantitative estimate of drug-likeness (QED) is 0.830. The van der Waals surface area contributed by atoms with E-state index < -0.39 is 0 Å². The van der Waals surface area contributed by atoms with Crippen LogP contribution in [0.5, 0.6) is 0 Å². The smallest absolute Gasteiger partial charge is 0.337 e. The summed E-state index contributed by atoms with van der Waals surface area (Å²) < 4.78 is 6.86. The van der Waals surface area contributed by atoms with Gasteiger partial charge in [-0.2, -0.15) is 0 Å². The summed E-state index contributed by atoms with van der Waals surface area (Å²) in [7, 11) is 1.39. The maximum absolute atomic E-state index is 11.5. The van der Waals surface area contributed by atoms with Crippen molar-refractivity contribution in [2.45, 2.75) is 33.4 Å². The lowest BCUT2D eigenvalue weighted by Crippen LogP contribution is -2.09. The largest absolute Gasteiger partial charge is 0.465 e. The van der Waals surface area contributed by atoms with Crippen LogP contribution in [0.15, 0.2) is 30.6 Å². The Kier molecular flexibility index (Phi) is 4.98. The van der Waals surface area contributed by atoms with Gasteiger partial charge in [-0.05, 0) is 37.1 Å². The Morgan fingerprint density at radius 1 is 1.43 bits per heavy atom. The molecule has 2 aromatic rings. The minimum Gasteiger partial charge on any atom is -0.465 e. The maximum Gasteiger partial charge on any atom is 0.337 e. The van der Waals surface area contributed by atoms with E-state index in [2.05, 4.69) is 21.8 Å². The molecule has 1 N–H and O–H groups in total. The van der Waals surface area contributed by atoms with Gasteiger partial charge in [0.1, 0.15) is 5.82 Å². The lowest BCUT2D eigenvalue weighted by molar-refractivity contribution is 0.0600. The van der Waals surface area contributed by atoms with Gasteiger partial charge in [-0.25, -0.2) is 9.78 Å². The van der Waals surface area contributed by atoms with Crippen molar-refractivity contribution in [1.29, 1.82) is 0 Å². The van der Waals surface area contributed by atoms with Crippen LogP contribution >= 0.6 is 0 Å². The number of hydrogen-bond acceptors (Lipinski definition) is 4. The first-order valence-electron chi connectivity index (χ1n) is 7.08. The van der Waals surface area contributed by atoms with Gasteiger partial charge in [0.05, 0.1) is 19.2 Å². The summed E-state index contributed by atoms with van der Waals surface area (Å²) in [6.07, 6.45) is 4.89. The van der Waals surface area contributed by atoms with E-state index in [1.54, 1.807) is 6.07 Å². The van der Waals surface area contributed by atoms with Gasteiger partial charge in [-0.1, -0.05) is 6.92 Å². The van der Waals surface area contributed by atoms with Crippen molar-refractivity contribution in [2.24, 2.45) is 0 Å². The van der Waals surface area contributed by atoms with Crippen LogP contribution in [0.3, 0.4) is 0 Å². The molecule has 1 aromatic carbocycles. The molecule has 0 atom stereocenters. The number of anilines is 1. The monoisotopic (exact) mass is 287 g/mol. The van der Waals surface area contributed by atoms with Gasteiger partial charge in [-0.3, -0.25) is 0 Å². The highest BCUT2D eigenvalue weighted by molar-refractivity contribution is 5.90. The summed E-state index contributed by atoms with van der Waals surface area (Å²) in [4.78, 5) is 15.8. The van der Waals surface area contributed by atoms with E-state index in [0.717, 1.165) is 30.0 Å². The SMILES string of the molecule is CCCn1ccnc1CNc1ccc(C(=O)OC)cc1C. The molecule has 2 rings (SSSR count). The maximum atomic E-state index is 11.5. The molecule has 112 valence electrons. The zero-order valence-electron chi connectivity index (χ0n) is 12.7. The third-order valence-electron chi connectivity index (χ3n) is 3.35. The number of nitrogens with one attached hydrogen (secondary N) is 1. The summed E-state index contributed by atoms with van der Waals surface area (Å²) in [6.45, 7) is 5.74. The van der Waals surface area contributed by atoms with Crippen LogP contribution in [0.1, 0.15) is 35.1 Å². The molecule has 0 aliphatic carbocycles. The van der Waals surface area contributed by atoms with Crippen molar-refractivity contribution in [1.82, 2.24) is 9.55 Å². The van der Waals surface area contributed by atoms with Gasteiger partial charge in [0, 0.05) is 24.6 Å². The zero-order valence-corrected chi connectivity index (χ0v) is 12.7. The van der Waals surface area contributed by atoms with E-state index in [1.807, 2.05) is 31.5 Å². The van der Waals surface area contributed by atoms with Crippen LogP contribution in [0.25, 0.3) is 0 Å². The summed E-state index contributed by atoms with van der Waals surface area (Å²) in [6, 6.07) is 5.49. The number of carbonyl (C=O) groups is 1. The molecule has 0 amide bonds. The number of rotatable bonds is 6. The van der Waals surface area contributed by atoms with E-state index in [0.29, 0.717) is 12.1 Å². The lowest BCUT2D eigenvalue weighted by Gasteiger charge is -2.12. The number of aromatic nitrogens is 2. The molecule has 0 bridgehead atoms. The summed E-state index contributed by atoms with van der Waals surface area (Å²) in [5.74, 6) is 0.691. The highest BCUT2D eigenvalue weighted by Crippen LogP contribution is 2.18. The summed E-state index contributed by atoms with van der Waals surface area (Å²) in [5.41, 5.74) is 2.56. The first kappa shape index (κ1) is 15.1. The van der Waals surface area contributed by atoms with E-state index in [4.69, 9.17) is 4.74 Å². The fourth-order valence-corrected chi connectivity index (χ4v) is 2.23. The average molecular weight is 287 g/mol. The van der Waals surface area contributed by atoms with Gasteiger partial charge < -0.3 is 14.6 Å². The normalized spacial score (nSPS) is 10.4. The second-order valence-corrected chi connectivity index (χ2v) is 4.91. The van der Waals surface area contributed by atoms with Crippen molar-refractivity contribution >= 4 is 11.7 Å². The molecule has 0 saturated heterocycles. The first-order chi connectivity index (χ1) is 10.2. The summed E-state index contributed by atoms with van der Waals surface area (Å²) >= 11 is 0.